The van der Waals surface area contributed by atoms with Crippen molar-refractivity contribution < 1.29 is 23.8 Å². The molecule has 1 amide bonds. The van der Waals surface area contributed by atoms with Gasteiger partial charge in [0.15, 0.2) is 11.5 Å². The van der Waals surface area contributed by atoms with E-state index in [0.717, 1.165) is 5.56 Å². The van der Waals surface area contributed by atoms with Gasteiger partial charge < -0.3 is 14.2 Å². The second kappa shape index (κ2) is 10.3. The summed E-state index contributed by atoms with van der Waals surface area (Å²) in [7, 11) is 0. The number of ether oxygens (including phenoxy) is 3. The lowest BCUT2D eigenvalue weighted by Gasteiger charge is -2.17. The highest BCUT2D eigenvalue weighted by atomic mass is 16.6. The molecule has 0 aliphatic heterocycles. The number of hydrogen-bond acceptors (Lipinski definition) is 5. The van der Waals surface area contributed by atoms with Crippen LogP contribution in [0.1, 0.15) is 36.7 Å². The molecule has 0 spiro atoms. The van der Waals surface area contributed by atoms with Crippen molar-refractivity contribution in [2.24, 2.45) is 0 Å². The van der Waals surface area contributed by atoms with Gasteiger partial charge in [0.25, 0.3) is 5.91 Å². The van der Waals surface area contributed by atoms with E-state index in [1.165, 1.54) is 0 Å². The molecule has 1 N–H and O–H groups in total. The van der Waals surface area contributed by atoms with E-state index in [2.05, 4.69) is 5.48 Å². The van der Waals surface area contributed by atoms with Crippen molar-refractivity contribution in [1.82, 2.24) is 5.48 Å². The van der Waals surface area contributed by atoms with E-state index in [1.54, 1.807) is 12.1 Å². The van der Waals surface area contributed by atoms with Crippen LogP contribution in [-0.4, -0.2) is 25.7 Å². The van der Waals surface area contributed by atoms with Crippen LogP contribution in [-0.2, 0) is 11.4 Å². The maximum Gasteiger partial charge on any atom is 0.275 e. The third kappa shape index (κ3) is 5.39. The molecule has 0 atom stereocenters. The molecule has 0 aliphatic rings. The lowest BCUT2D eigenvalue weighted by molar-refractivity contribution is 0.0233. The summed E-state index contributed by atoms with van der Waals surface area (Å²) in [5.41, 5.74) is 3.78. The molecule has 0 heterocycles. The molecule has 2 aromatic rings. The van der Waals surface area contributed by atoms with Gasteiger partial charge in [0.2, 0.25) is 5.75 Å². The monoisotopic (exact) mass is 359 g/mol. The van der Waals surface area contributed by atoms with E-state index in [4.69, 9.17) is 19.0 Å². The van der Waals surface area contributed by atoms with Gasteiger partial charge in [-0.15, -0.1) is 0 Å². The fourth-order valence-electron chi connectivity index (χ4n) is 2.34. The van der Waals surface area contributed by atoms with E-state index >= 15 is 0 Å². The van der Waals surface area contributed by atoms with Gasteiger partial charge >= 0.3 is 0 Å². The summed E-state index contributed by atoms with van der Waals surface area (Å²) in [6, 6.07) is 12.8. The summed E-state index contributed by atoms with van der Waals surface area (Å²) in [6.45, 7) is 7.25. The molecule has 0 saturated heterocycles. The van der Waals surface area contributed by atoms with Gasteiger partial charge in [0.1, 0.15) is 0 Å². The SMILES string of the molecule is CCOc1cc(C(=O)NOCc2ccccc2)cc(OCC)c1OCC. The standard InChI is InChI=1S/C20H25NO5/c1-4-23-17-12-16(13-18(24-5-2)19(17)25-6-3)20(22)21-26-14-15-10-8-7-9-11-15/h7-13H,4-6,14H2,1-3H3,(H,21,22). The predicted octanol–water partition coefficient (Wildman–Crippen LogP) is 3.74. The zero-order valence-electron chi connectivity index (χ0n) is 15.4. The molecule has 2 rings (SSSR count). The Morgan fingerprint density at radius 1 is 0.885 bits per heavy atom. The van der Waals surface area contributed by atoms with Crippen LogP contribution in [0.15, 0.2) is 42.5 Å². The number of carbonyl (C=O) groups is 1. The van der Waals surface area contributed by atoms with Crippen LogP contribution < -0.4 is 19.7 Å². The molecular formula is C20H25NO5. The minimum Gasteiger partial charge on any atom is -0.490 e. The fraction of sp³-hybridized carbons (Fsp3) is 0.350. The van der Waals surface area contributed by atoms with Crippen LogP contribution in [0, 0.1) is 0 Å². The number of rotatable bonds is 10. The molecule has 0 aromatic heterocycles. The van der Waals surface area contributed by atoms with Crippen LogP contribution in [0.4, 0.5) is 0 Å². The van der Waals surface area contributed by atoms with Gasteiger partial charge in [-0.1, -0.05) is 30.3 Å². The molecule has 0 bridgehead atoms. The highest BCUT2D eigenvalue weighted by molar-refractivity contribution is 5.95. The van der Waals surface area contributed by atoms with Gasteiger partial charge in [-0.2, -0.15) is 0 Å². The maximum absolute atomic E-state index is 12.4. The third-order valence-electron chi connectivity index (χ3n) is 3.42. The number of nitrogens with one attached hydrogen (secondary N) is 1. The summed E-state index contributed by atoms with van der Waals surface area (Å²) < 4.78 is 16.9. The Morgan fingerprint density at radius 3 is 2.00 bits per heavy atom. The first-order valence-corrected chi connectivity index (χ1v) is 8.72. The second-order valence-corrected chi connectivity index (χ2v) is 5.31. The topological polar surface area (TPSA) is 66.0 Å². The van der Waals surface area contributed by atoms with Crippen LogP contribution in [0.2, 0.25) is 0 Å². The van der Waals surface area contributed by atoms with E-state index in [-0.39, 0.29) is 12.5 Å². The molecule has 0 saturated carbocycles. The Hall–Kier alpha value is -2.73. The first-order valence-electron chi connectivity index (χ1n) is 8.72. The van der Waals surface area contributed by atoms with Gasteiger partial charge in [-0.3, -0.25) is 9.63 Å². The minimum absolute atomic E-state index is 0.278. The highest BCUT2D eigenvalue weighted by Crippen LogP contribution is 2.39. The molecule has 0 unspecified atom stereocenters. The zero-order chi connectivity index (χ0) is 18.8. The smallest absolute Gasteiger partial charge is 0.275 e. The molecule has 26 heavy (non-hydrogen) atoms. The van der Waals surface area contributed by atoms with Crippen LogP contribution in [0.3, 0.4) is 0 Å². The molecule has 0 fully saturated rings. The Balaban J connectivity index is 2.14. The summed E-state index contributed by atoms with van der Waals surface area (Å²) in [4.78, 5) is 17.7. The average molecular weight is 359 g/mol. The maximum atomic E-state index is 12.4. The lowest BCUT2D eigenvalue weighted by atomic mass is 10.1. The fourth-order valence-corrected chi connectivity index (χ4v) is 2.34. The normalized spacial score (nSPS) is 10.3. The van der Waals surface area contributed by atoms with E-state index in [0.29, 0.717) is 42.6 Å². The lowest BCUT2D eigenvalue weighted by Crippen LogP contribution is -2.23. The van der Waals surface area contributed by atoms with Gasteiger partial charge in [-0.05, 0) is 38.5 Å². The van der Waals surface area contributed by atoms with Crippen LogP contribution >= 0.6 is 0 Å². The van der Waals surface area contributed by atoms with Crippen molar-refractivity contribution >= 4 is 5.91 Å². The van der Waals surface area contributed by atoms with Crippen molar-refractivity contribution in [2.75, 3.05) is 19.8 Å². The summed E-state index contributed by atoms with van der Waals surface area (Å²) in [5, 5.41) is 0. The first kappa shape index (κ1) is 19.6. The second-order valence-electron chi connectivity index (χ2n) is 5.31. The number of hydrogen-bond donors (Lipinski definition) is 1. The van der Waals surface area contributed by atoms with E-state index in [1.807, 2.05) is 51.1 Å². The number of hydroxylamine groups is 1. The molecule has 0 aliphatic carbocycles. The predicted molar refractivity (Wildman–Crippen MR) is 98.6 cm³/mol. The minimum atomic E-state index is -0.383. The largest absolute Gasteiger partial charge is 0.490 e. The highest BCUT2D eigenvalue weighted by Gasteiger charge is 2.18. The third-order valence-corrected chi connectivity index (χ3v) is 3.42. The molecule has 2 aromatic carbocycles. The van der Waals surface area contributed by atoms with Crippen molar-refractivity contribution in [3.8, 4) is 17.2 Å². The van der Waals surface area contributed by atoms with Crippen molar-refractivity contribution in [1.29, 1.82) is 0 Å². The zero-order valence-corrected chi connectivity index (χ0v) is 15.4. The molecular weight excluding hydrogens is 334 g/mol. The Kier molecular flexibility index (Phi) is 7.76. The molecule has 140 valence electrons. The quantitative estimate of drug-likeness (QED) is 0.655. The van der Waals surface area contributed by atoms with Gasteiger partial charge in [0.05, 0.1) is 26.4 Å². The summed E-state index contributed by atoms with van der Waals surface area (Å²) >= 11 is 0. The first-order chi connectivity index (χ1) is 12.7. The van der Waals surface area contributed by atoms with Crippen molar-refractivity contribution in [3.63, 3.8) is 0 Å². The molecule has 0 radical (unpaired) electrons. The number of amides is 1. The van der Waals surface area contributed by atoms with Crippen LogP contribution in [0.5, 0.6) is 17.2 Å². The molecule has 6 heteroatoms. The number of carbonyl (C=O) groups excluding carboxylic acids is 1. The molecule has 6 nitrogen and oxygen atoms in total. The summed E-state index contributed by atoms with van der Waals surface area (Å²) in [6.07, 6.45) is 0. The average Bonchev–Trinajstić information content (AvgIpc) is 2.65. The van der Waals surface area contributed by atoms with E-state index in [9.17, 15) is 4.79 Å². The Morgan fingerprint density at radius 2 is 1.46 bits per heavy atom. The number of benzene rings is 2. The van der Waals surface area contributed by atoms with Gasteiger partial charge in [0, 0.05) is 5.56 Å². The van der Waals surface area contributed by atoms with E-state index < -0.39 is 0 Å². The van der Waals surface area contributed by atoms with Crippen LogP contribution in [0.25, 0.3) is 0 Å². The van der Waals surface area contributed by atoms with Gasteiger partial charge in [-0.25, -0.2) is 5.48 Å². The van der Waals surface area contributed by atoms with Crippen molar-refractivity contribution in [3.05, 3.63) is 53.6 Å². The summed E-state index contributed by atoms with van der Waals surface area (Å²) in [5.74, 6) is 1.05. The Bertz CT molecular complexity index is 676. The Labute approximate surface area is 154 Å². The van der Waals surface area contributed by atoms with Crippen molar-refractivity contribution in [2.45, 2.75) is 27.4 Å².